The maximum Gasteiger partial charge on any atom is 0.0540 e. The van der Waals surface area contributed by atoms with Crippen LogP contribution in [0.15, 0.2) is 158 Å². The average molecular weight is 578 g/mol. The van der Waals surface area contributed by atoms with Crippen LogP contribution in [0.1, 0.15) is 30.5 Å². The summed E-state index contributed by atoms with van der Waals surface area (Å²) >= 11 is 0. The minimum Gasteiger partial charge on any atom is -0.310 e. The summed E-state index contributed by atoms with van der Waals surface area (Å²) in [5.41, 5.74) is 14.9. The highest BCUT2D eigenvalue weighted by molar-refractivity contribution is 5.97. The number of aryl methyl sites for hydroxylation is 1. The quantitative estimate of drug-likeness (QED) is 0.197. The van der Waals surface area contributed by atoms with E-state index in [9.17, 15) is 0 Å². The van der Waals surface area contributed by atoms with Gasteiger partial charge >= 0.3 is 0 Å². The molecule has 7 aromatic rings. The van der Waals surface area contributed by atoms with Gasteiger partial charge in [0.15, 0.2) is 0 Å². The minimum absolute atomic E-state index is 0.123. The van der Waals surface area contributed by atoms with E-state index in [-0.39, 0.29) is 5.41 Å². The summed E-state index contributed by atoms with van der Waals surface area (Å²) in [5.74, 6) is 0. The average Bonchev–Trinajstić information content (AvgIpc) is 3.30. The molecule has 0 saturated heterocycles. The fraction of sp³-hybridized carbons (Fsp3) is 0.0909. The van der Waals surface area contributed by atoms with Crippen molar-refractivity contribution in [2.75, 3.05) is 4.90 Å². The number of anilines is 3. The van der Waals surface area contributed by atoms with Crippen molar-refractivity contribution in [1.82, 2.24) is 0 Å². The Labute approximate surface area is 266 Å². The standard InChI is InChI=1S/C44H35N/c1-30-15-7-13-23-42(30)45(43-24-14-12-22-38(43)36-21-11-10-20-35(36)31-16-5-4-6-17-31)34-25-26-37-39-27-32-18-8-9-19-33(32)28-40(39)44(2,3)41(37)29-34/h4-29H,1-3H3. The Morgan fingerprint density at radius 1 is 0.422 bits per heavy atom. The van der Waals surface area contributed by atoms with Gasteiger partial charge in [0, 0.05) is 22.4 Å². The number of rotatable bonds is 5. The molecule has 8 rings (SSSR count). The Balaban J connectivity index is 1.35. The Hall–Kier alpha value is -5.40. The molecule has 7 aromatic carbocycles. The van der Waals surface area contributed by atoms with Gasteiger partial charge in [0.25, 0.3) is 0 Å². The molecule has 0 heterocycles. The highest BCUT2D eigenvalue weighted by atomic mass is 15.1. The predicted octanol–water partition coefficient (Wildman–Crippen LogP) is 12.3. The molecule has 1 nitrogen and oxygen atoms in total. The summed E-state index contributed by atoms with van der Waals surface area (Å²) in [6, 6.07) is 57.7. The fourth-order valence-electron chi connectivity index (χ4n) is 7.25. The van der Waals surface area contributed by atoms with E-state index in [1.807, 2.05) is 0 Å². The number of para-hydroxylation sites is 2. The van der Waals surface area contributed by atoms with Crippen LogP contribution in [0.25, 0.3) is 44.2 Å². The van der Waals surface area contributed by atoms with E-state index in [0.29, 0.717) is 0 Å². The highest BCUT2D eigenvalue weighted by Crippen LogP contribution is 2.52. The molecule has 0 amide bonds. The van der Waals surface area contributed by atoms with Gasteiger partial charge < -0.3 is 4.90 Å². The van der Waals surface area contributed by atoms with E-state index in [2.05, 4.69) is 183 Å². The molecule has 45 heavy (non-hydrogen) atoms. The predicted molar refractivity (Wildman–Crippen MR) is 192 cm³/mol. The van der Waals surface area contributed by atoms with Gasteiger partial charge in [-0.3, -0.25) is 0 Å². The number of benzene rings is 7. The topological polar surface area (TPSA) is 3.24 Å². The van der Waals surface area contributed by atoms with Crippen LogP contribution < -0.4 is 4.90 Å². The first-order valence-electron chi connectivity index (χ1n) is 15.8. The molecule has 1 aliphatic rings. The van der Waals surface area contributed by atoms with Crippen LogP contribution in [-0.4, -0.2) is 0 Å². The van der Waals surface area contributed by atoms with E-state index in [0.717, 1.165) is 11.4 Å². The molecule has 1 heteroatoms. The molecule has 0 unspecified atom stereocenters. The molecule has 0 radical (unpaired) electrons. The molecule has 216 valence electrons. The lowest BCUT2D eigenvalue weighted by Crippen LogP contribution is -2.17. The van der Waals surface area contributed by atoms with Crippen molar-refractivity contribution in [2.24, 2.45) is 0 Å². The summed E-state index contributed by atoms with van der Waals surface area (Å²) < 4.78 is 0. The Kier molecular flexibility index (Phi) is 6.43. The number of fused-ring (bicyclic) bond motifs is 4. The van der Waals surface area contributed by atoms with E-state index >= 15 is 0 Å². The highest BCUT2D eigenvalue weighted by Gasteiger charge is 2.36. The lowest BCUT2D eigenvalue weighted by molar-refractivity contribution is 0.661. The van der Waals surface area contributed by atoms with Crippen LogP contribution in [0.5, 0.6) is 0 Å². The maximum atomic E-state index is 2.46. The molecule has 0 N–H and O–H groups in total. The first kappa shape index (κ1) is 27.2. The fourth-order valence-corrected chi connectivity index (χ4v) is 7.25. The zero-order chi connectivity index (χ0) is 30.5. The van der Waals surface area contributed by atoms with Crippen LogP contribution in [0.2, 0.25) is 0 Å². The zero-order valence-corrected chi connectivity index (χ0v) is 26.0. The van der Waals surface area contributed by atoms with Crippen molar-refractivity contribution in [1.29, 1.82) is 0 Å². The van der Waals surface area contributed by atoms with E-state index in [1.54, 1.807) is 0 Å². The monoisotopic (exact) mass is 577 g/mol. The van der Waals surface area contributed by atoms with Gasteiger partial charge in [-0.1, -0.05) is 135 Å². The normalized spacial score (nSPS) is 13.0. The van der Waals surface area contributed by atoms with Gasteiger partial charge in [0.05, 0.1) is 5.69 Å². The largest absolute Gasteiger partial charge is 0.310 e. The summed E-state index contributed by atoms with van der Waals surface area (Å²) in [6.45, 7) is 6.96. The van der Waals surface area contributed by atoms with Crippen LogP contribution in [0.4, 0.5) is 17.1 Å². The van der Waals surface area contributed by atoms with Crippen LogP contribution in [-0.2, 0) is 5.41 Å². The van der Waals surface area contributed by atoms with Crippen molar-refractivity contribution in [3.8, 4) is 33.4 Å². The van der Waals surface area contributed by atoms with Gasteiger partial charge in [-0.15, -0.1) is 0 Å². The van der Waals surface area contributed by atoms with E-state index < -0.39 is 0 Å². The first-order chi connectivity index (χ1) is 22.0. The number of hydrogen-bond acceptors (Lipinski definition) is 1. The van der Waals surface area contributed by atoms with Crippen molar-refractivity contribution in [2.45, 2.75) is 26.2 Å². The molecular formula is C44H35N. The van der Waals surface area contributed by atoms with Crippen molar-refractivity contribution >= 4 is 27.8 Å². The summed E-state index contributed by atoms with van der Waals surface area (Å²) in [5, 5.41) is 2.58. The summed E-state index contributed by atoms with van der Waals surface area (Å²) in [6.07, 6.45) is 0. The molecule has 0 spiro atoms. The van der Waals surface area contributed by atoms with E-state index in [1.165, 1.54) is 66.5 Å². The smallest absolute Gasteiger partial charge is 0.0540 e. The molecule has 0 saturated carbocycles. The summed E-state index contributed by atoms with van der Waals surface area (Å²) in [4.78, 5) is 2.46. The Morgan fingerprint density at radius 2 is 1.00 bits per heavy atom. The van der Waals surface area contributed by atoms with Crippen molar-refractivity contribution < 1.29 is 0 Å². The second kappa shape index (κ2) is 10.6. The van der Waals surface area contributed by atoms with Gasteiger partial charge in [-0.05, 0) is 98.6 Å². The summed E-state index contributed by atoms with van der Waals surface area (Å²) in [7, 11) is 0. The first-order valence-corrected chi connectivity index (χ1v) is 15.8. The van der Waals surface area contributed by atoms with Crippen LogP contribution >= 0.6 is 0 Å². The van der Waals surface area contributed by atoms with Crippen molar-refractivity contribution in [3.63, 3.8) is 0 Å². The maximum absolute atomic E-state index is 2.46. The van der Waals surface area contributed by atoms with Gasteiger partial charge in [0.1, 0.15) is 0 Å². The molecule has 0 atom stereocenters. The number of hydrogen-bond donors (Lipinski definition) is 0. The van der Waals surface area contributed by atoms with Gasteiger partial charge in [0.2, 0.25) is 0 Å². The molecule has 0 aliphatic heterocycles. The van der Waals surface area contributed by atoms with Gasteiger partial charge in [-0.25, -0.2) is 0 Å². The Morgan fingerprint density at radius 3 is 1.76 bits per heavy atom. The second-order valence-corrected chi connectivity index (χ2v) is 12.7. The molecule has 1 aliphatic carbocycles. The van der Waals surface area contributed by atoms with Gasteiger partial charge in [-0.2, -0.15) is 0 Å². The third-order valence-electron chi connectivity index (χ3n) is 9.59. The molecular weight excluding hydrogens is 542 g/mol. The lowest BCUT2D eigenvalue weighted by atomic mass is 9.81. The van der Waals surface area contributed by atoms with E-state index in [4.69, 9.17) is 0 Å². The SMILES string of the molecule is Cc1ccccc1N(c1ccc2c(c1)C(C)(C)c1cc3ccccc3cc1-2)c1ccccc1-c1ccccc1-c1ccccc1. The minimum atomic E-state index is -0.123. The zero-order valence-electron chi connectivity index (χ0n) is 26.0. The molecule has 0 fully saturated rings. The molecule has 0 bridgehead atoms. The molecule has 0 aromatic heterocycles. The van der Waals surface area contributed by atoms with Crippen LogP contribution in [0.3, 0.4) is 0 Å². The Bertz CT molecular complexity index is 2210. The third-order valence-corrected chi connectivity index (χ3v) is 9.59. The van der Waals surface area contributed by atoms with Crippen molar-refractivity contribution in [3.05, 3.63) is 174 Å². The number of nitrogens with zero attached hydrogens (tertiary/aromatic N) is 1. The second-order valence-electron chi connectivity index (χ2n) is 12.7. The lowest BCUT2D eigenvalue weighted by Gasteiger charge is -2.31. The third kappa shape index (κ3) is 4.47. The van der Waals surface area contributed by atoms with Crippen LogP contribution in [0, 0.1) is 6.92 Å².